The van der Waals surface area contributed by atoms with Gasteiger partial charge in [0.15, 0.2) is 0 Å². The lowest BCUT2D eigenvalue weighted by molar-refractivity contribution is -0.385. The number of benzene rings is 1. The summed E-state index contributed by atoms with van der Waals surface area (Å²) in [4.78, 5) is 13.0. The van der Waals surface area contributed by atoms with Crippen molar-refractivity contribution in [1.29, 1.82) is 0 Å². The largest absolute Gasteiger partial charge is 0.369 e. The van der Waals surface area contributed by atoms with E-state index in [0.717, 1.165) is 18.7 Å². The molecule has 0 unspecified atom stereocenters. The summed E-state index contributed by atoms with van der Waals surface area (Å²) in [6.45, 7) is 5.43. The van der Waals surface area contributed by atoms with E-state index in [-0.39, 0.29) is 16.5 Å². The van der Waals surface area contributed by atoms with Crippen molar-refractivity contribution in [3.05, 3.63) is 33.9 Å². The zero-order valence-electron chi connectivity index (χ0n) is 12.0. The molecule has 1 aromatic rings. The van der Waals surface area contributed by atoms with Crippen molar-refractivity contribution < 1.29 is 4.92 Å². The molecule has 4 nitrogen and oxygen atoms in total. The van der Waals surface area contributed by atoms with Gasteiger partial charge in [-0.05, 0) is 37.3 Å². The molecular formula is C15H21ClN2O2. The molecule has 110 valence electrons. The number of nitrogens with zero attached hydrogens (tertiary/aromatic N) is 2. The predicted molar refractivity (Wildman–Crippen MR) is 82.5 cm³/mol. The minimum absolute atomic E-state index is 0.114. The fraction of sp³-hybridized carbons (Fsp3) is 0.600. The van der Waals surface area contributed by atoms with Crippen LogP contribution in [0.2, 0.25) is 0 Å². The molecule has 0 aliphatic heterocycles. The topological polar surface area (TPSA) is 46.4 Å². The highest BCUT2D eigenvalue weighted by Gasteiger charge is 2.29. The standard InChI is InChI=1S/C15H21ClN2O2/c1-11(2)7-8-17(13-3-4-13)14-5-6-15(18(19)20)12(9-14)10-16/h5-6,9,11,13H,3-4,7-8,10H2,1-2H3. The van der Waals surface area contributed by atoms with Gasteiger partial charge in [-0.15, -0.1) is 11.6 Å². The van der Waals surface area contributed by atoms with Crippen LogP contribution in [0.25, 0.3) is 0 Å². The molecule has 1 aromatic carbocycles. The summed E-state index contributed by atoms with van der Waals surface area (Å²) in [6, 6.07) is 5.91. The Morgan fingerprint density at radius 1 is 1.45 bits per heavy atom. The van der Waals surface area contributed by atoms with Gasteiger partial charge < -0.3 is 4.90 Å². The molecule has 0 N–H and O–H groups in total. The Bertz CT molecular complexity index is 487. The van der Waals surface area contributed by atoms with E-state index in [1.165, 1.54) is 12.8 Å². The molecule has 0 saturated heterocycles. The molecule has 5 heteroatoms. The molecule has 0 aromatic heterocycles. The smallest absolute Gasteiger partial charge is 0.273 e. The van der Waals surface area contributed by atoms with Crippen LogP contribution in [0.5, 0.6) is 0 Å². The maximum Gasteiger partial charge on any atom is 0.273 e. The van der Waals surface area contributed by atoms with Crippen LogP contribution >= 0.6 is 11.6 Å². The Morgan fingerprint density at radius 2 is 2.15 bits per heavy atom. The third kappa shape index (κ3) is 3.63. The summed E-state index contributed by atoms with van der Waals surface area (Å²) in [7, 11) is 0. The number of alkyl halides is 1. The fourth-order valence-electron chi connectivity index (χ4n) is 2.34. The Labute approximate surface area is 124 Å². The lowest BCUT2D eigenvalue weighted by Crippen LogP contribution is -2.27. The molecule has 0 heterocycles. The number of rotatable bonds is 7. The molecule has 0 spiro atoms. The maximum absolute atomic E-state index is 11.0. The van der Waals surface area contributed by atoms with Crippen LogP contribution in [0.3, 0.4) is 0 Å². The van der Waals surface area contributed by atoms with E-state index in [4.69, 9.17) is 11.6 Å². The van der Waals surface area contributed by atoms with Crippen LogP contribution in [0.1, 0.15) is 38.7 Å². The second-order valence-electron chi connectivity index (χ2n) is 5.81. The van der Waals surface area contributed by atoms with Gasteiger partial charge in [0.2, 0.25) is 0 Å². The van der Waals surface area contributed by atoms with Crippen LogP contribution < -0.4 is 4.90 Å². The Morgan fingerprint density at radius 3 is 2.65 bits per heavy atom. The normalized spacial score (nSPS) is 14.6. The van der Waals surface area contributed by atoms with Gasteiger partial charge in [0.25, 0.3) is 5.69 Å². The first-order chi connectivity index (χ1) is 9.52. The zero-order chi connectivity index (χ0) is 14.7. The average molecular weight is 297 g/mol. The van der Waals surface area contributed by atoms with Crippen LogP contribution in [-0.2, 0) is 5.88 Å². The van der Waals surface area contributed by atoms with Gasteiger partial charge >= 0.3 is 0 Å². The number of nitro groups is 1. The molecule has 1 aliphatic rings. The summed E-state index contributed by atoms with van der Waals surface area (Å²) < 4.78 is 0. The van der Waals surface area contributed by atoms with Gasteiger partial charge in [-0.3, -0.25) is 10.1 Å². The molecule has 1 aliphatic carbocycles. The summed E-state index contributed by atoms with van der Waals surface area (Å²) in [5, 5.41) is 11.0. The Hall–Kier alpha value is -1.29. The monoisotopic (exact) mass is 296 g/mol. The van der Waals surface area contributed by atoms with Crippen LogP contribution in [0.4, 0.5) is 11.4 Å². The van der Waals surface area contributed by atoms with Crippen molar-refractivity contribution in [3.8, 4) is 0 Å². The molecule has 20 heavy (non-hydrogen) atoms. The summed E-state index contributed by atoms with van der Waals surface area (Å²) >= 11 is 5.85. The summed E-state index contributed by atoms with van der Waals surface area (Å²) in [5.74, 6) is 0.828. The first-order valence-electron chi connectivity index (χ1n) is 7.13. The number of anilines is 1. The zero-order valence-corrected chi connectivity index (χ0v) is 12.8. The van der Waals surface area contributed by atoms with Crippen molar-refractivity contribution in [2.75, 3.05) is 11.4 Å². The fourth-order valence-corrected chi connectivity index (χ4v) is 2.56. The van der Waals surface area contributed by atoms with E-state index in [2.05, 4.69) is 18.7 Å². The molecule has 0 amide bonds. The molecule has 0 bridgehead atoms. The first kappa shape index (κ1) is 15.1. The van der Waals surface area contributed by atoms with E-state index >= 15 is 0 Å². The van der Waals surface area contributed by atoms with Crippen molar-refractivity contribution in [2.45, 2.75) is 45.0 Å². The van der Waals surface area contributed by atoms with E-state index in [1.807, 2.05) is 12.1 Å². The second-order valence-corrected chi connectivity index (χ2v) is 6.08. The van der Waals surface area contributed by atoms with Crippen molar-refractivity contribution >= 4 is 23.0 Å². The van der Waals surface area contributed by atoms with Gasteiger partial charge in [0.1, 0.15) is 0 Å². The minimum Gasteiger partial charge on any atom is -0.369 e. The quantitative estimate of drug-likeness (QED) is 0.427. The molecule has 0 atom stereocenters. The van der Waals surface area contributed by atoms with Crippen LogP contribution in [-0.4, -0.2) is 17.5 Å². The highest BCUT2D eigenvalue weighted by atomic mass is 35.5. The maximum atomic E-state index is 11.0. The number of nitro benzene ring substituents is 1. The van der Waals surface area contributed by atoms with Crippen molar-refractivity contribution in [1.82, 2.24) is 0 Å². The van der Waals surface area contributed by atoms with E-state index in [0.29, 0.717) is 17.5 Å². The average Bonchev–Trinajstić information content (AvgIpc) is 3.22. The summed E-state index contributed by atoms with van der Waals surface area (Å²) in [5.41, 5.74) is 1.78. The highest BCUT2D eigenvalue weighted by Crippen LogP contribution is 2.34. The molecule has 2 rings (SSSR count). The van der Waals surface area contributed by atoms with Gasteiger partial charge in [-0.2, -0.15) is 0 Å². The molecular weight excluding hydrogens is 276 g/mol. The molecule has 1 saturated carbocycles. The lowest BCUT2D eigenvalue weighted by Gasteiger charge is -2.26. The van der Waals surface area contributed by atoms with Crippen molar-refractivity contribution in [2.24, 2.45) is 5.92 Å². The van der Waals surface area contributed by atoms with Crippen LogP contribution in [0.15, 0.2) is 18.2 Å². The van der Waals surface area contributed by atoms with Gasteiger partial charge in [-0.1, -0.05) is 13.8 Å². The van der Waals surface area contributed by atoms with Crippen molar-refractivity contribution in [3.63, 3.8) is 0 Å². The predicted octanol–water partition coefficient (Wildman–Crippen LogP) is 4.35. The second kappa shape index (κ2) is 6.44. The number of hydrogen-bond acceptors (Lipinski definition) is 3. The van der Waals surface area contributed by atoms with Crippen LogP contribution in [0, 0.1) is 16.0 Å². The van der Waals surface area contributed by atoms with Gasteiger partial charge in [0.05, 0.1) is 10.8 Å². The minimum atomic E-state index is -0.364. The van der Waals surface area contributed by atoms with E-state index in [9.17, 15) is 10.1 Å². The third-order valence-electron chi connectivity index (χ3n) is 3.67. The number of halogens is 1. The van der Waals surface area contributed by atoms with Gasteiger partial charge in [-0.25, -0.2) is 0 Å². The number of hydrogen-bond donors (Lipinski definition) is 0. The Kier molecular flexibility index (Phi) is 4.86. The van der Waals surface area contributed by atoms with E-state index < -0.39 is 0 Å². The highest BCUT2D eigenvalue weighted by molar-refractivity contribution is 6.17. The summed E-state index contributed by atoms with van der Waals surface area (Å²) in [6.07, 6.45) is 3.56. The van der Waals surface area contributed by atoms with E-state index in [1.54, 1.807) is 6.07 Å². The Balaban J connectivity index is 2.22. The molecule has 1 fully saturated rings. The SMILES string of the molecule is CC(C)CCN(c1ccc([N+](=O)[O-])c(CCl)c1)C1CC1. The lowest BCUT2D eigenvalue weighted by atomic mass is 10.1. The third-order valence-corrected chi connectivity index (χ3v) is 3.96. The molecule has 0 radical (unpaired) electrons. The van der Waals surface area contributed by atoms with Gasteiger partial charge in [0, 0.05) is 29.9 Å². The first-order valence-corrected chi connectivity index (χ1v) is 7.66.